The second-order valence-electron chi connectivity index (χ2n) is 8.07. The number of nitrogens with zero attached hydrogens (tertiary/aromatic N) is 3. The molecule has 0 radical (unpaired) electrons. The molecule has 1 fully saturated rings. The Labute approximate surface area is 187 Å². The van der Waals surface area contributed by atoms with Crippen LogP contribution in [0.2, 0.25) is 5.02 Å². The van der Waals surface area contributed by atoms with Crippen molar-refractivity contribution in [2.75, 3.05) is 17.4 Å². The molecule has 0 saturated carbocycles. The van der Waals surface area contributed by atoms with Crippen LogP contribution in [-0.4, -0.2) is 23.4 Å². The second kappa shape index (κ2) is 8.37. The van der Waals surface area contributed by atoms with Crippen molar-refractivity contribution in [3.05, 3.63) is 74.8 Å². The number of rotatable bonds is 3. The average molecular weight is 438 g/mol. The first kappa shape index (κ1) is 20.8. The van der Waals surface area contributed by atoms with Gasteiger partial charge in [0.25, 0.3) is 0 Å². The van der Waals surface area contributed by atoms with E-state index in [4.69, 9.17) is 11.6 Å². The van der Waals surface area contributed by atoms with E-state index in [2.05, 4.69) is 49.1 Å². The molecule has 4 rings (SSSR count). The molecule has 6 heteroatoms. The zero-order valence-corrected chi connectivity index (χ0v) is 18.9. The molecule has 0 bridgehead atoms. The molecule has 2 aliphatic rings. The molecular weight excluding hydrogens is 414 g/mol. The lowest BCUT2D eigenvalue weighted by molar-refractivity contribution is -0.129. The summed E-state index contributed by atoms with van der Waals surface area (Å²) in [5, 5.41) is 11.5. The molecule has 2 heterocycles. The Hall–Kier alpha value is -2.42. The summed E-state index contributed by atoms with van der Waals surface area (Å²) < 4.78 is 0. The third-order valence-electron chi connectivity index (χ3n) is 5.88. The van der Waals surface area contributed by atoms with E-state index in [1.165, 1.54) is 5.56 Å². The number of anilines is 1. The Balaban J connectivity index is 1.65. The average Bonchev–Trinajstić information content (AvgIpc) is 2.75. The summed E-state index contributed by atoms with van der Waals surface area (Å²) in [7, 11) is 0. The molecule has 1 saturated heterocycles. The number of amides is 1. The summed E-state index contributed by atoms with van der Waals surface area (Å²) >= 11 is 7.85. The molecule has 0 unspecified atom stereocenters. The highest BCUT2D eigenvalue weighted by atomic mass is 35.5. The minimum Gasteiger partial charge on any atom is -0.343 e. The highest BCUT2D eigenvalue weighted by Gasteiger charge is 2.38. The van der Waals surface area contributed by atoms with Crippen molar-refractivity contribution in [2.45, 2.75) is 39.0 Å². The van der Waals surface area contributed by atoms with Crippen LogP contribution >= 0.6 is 23.4 Å². The van der Waals surface area contributed by atoms with Crippen LogP contribution in [-0.2, 0) is 4.79 Å². The van der Waals surface area contributed by atoms with Gasteiger partial charge >= 0.3 is 0 Å². The maximum Gasteiger partial charge on any atom is 0.229 e. The first-order valence-electron chi connectivity index (χ1n) is 10.1. The molecular formula is C24H24ClN3OS. The highest BCUT2D eigenvalue weighted by Crippen LogP contribution is 2.44. The van der Waals surface area contributed by atoms with Crippen LogP contribution < -0.4 is 4.90 Å². The van der Waals surface area contributed by atoms with Gasteiger partial charge in [-0.2, -0.15) is 5.26 Å². The Morgan fingerprint density at radius 3 is 2.60 bits per heavy atom. The summed E-state index contributed by atoms with van der Waals surface area (Å²) in [5.74, 6) is 0.997. The standard InChI is InChI=1S/C24H24ClN3OS/c1-15(2)17-7-9-18(10-8-17)19-11-23(29)28-13-27(14-30-24(28)20(19)12-26)22-6-4-5-21(25)16(22)3/h4-10,15,19H,11,13-14H2,1-3H3/t19-/m1/s1. The second-order valence-corrected chi connectivity index (χ2v) is 9.41. The predicted molar refractivity (Wildman–Crippen MR) is 123 cm³/mol. The zero-order valence-electron chi connectivity index (χ0n) is 17.4. The molecule has 154 valence electrons. The summed E-state index contributed by atoms with van der Waals surface area (Å²) in [5.41, 5.74) is 5.00. The maximum absolute atomic E-state index is 13.1. The number of carbonyl (C=O) groups excluding carboxylic acids is 1. The van der Waals surface area contributed by atoms with Gasteiger partial charge in [-0.3, -0.25) is 9.69 Å². The van der Waals surface area contributed by atoms with E-state index in [9.17, 15) is 10.1 Å². The SMILES string of the molecule is Cc1c(Cl)cccc1N1CSC2=C(C#N)[C@@H](c3ccc(C(C)C)cc3)CC(=O)N2C1. The number of halogens is 1. The molecule has 4 nitrogen and oxygen atoms in total. The van der Waals surface area contributed by atoms with Crippen molar-refractivity contribution in [1.82, 2.24) is 4.90 Å². The minimum absolute atomic E-state index is 0.0545. The lowest BCUT2D eigenvalue weighted by Crippen LogP contribution is -2.47. The minimum atomic E-state index is -0.179. The molecule has 30 heavy (non-hydrogen) atoms. The van der Waals surface area contributed by atoms with Crippen LogP contribution in [0.1, 0.15) is 48.8 Å². The number of carbonyl (C=O) groups is 1. The molecule has 2 aromatic rings. The van der Waals surface area contributed by atoms with E-state index in [-0.39, 0.29) is 11.8 Å². The Morgan fingerprint density at radius 2 is 1.93 bits per heavy atom. The van der Waals surface area contributed by atoms with E-state index in [1.54, 1.807) is 16.7 Å². The maximum atomic E-state index is 13.1. The number of thioether (sulfide) groups is 1. The van der Waals surface area contributed by atoms with Crippen LogP contribution in [0.4, 0.5) is 5.69 Å². The monoisotopic (exact) mass is 437 g/mol. The zero-order chi connectivity index (χ0) is 21.4. The molecule has 0 aromatic heterocycles. The highest BCUT2D eigenvalue weighted by molar-refractivity contribution is 8.03. The molecule has 1 atom stereocenters. The van der Waals surface area contributed by atoms with Crippen molar-refractivity contribution >= 4 is 35.0 Å². The first-order chi connectivity index (χ1) is 14.4. The van der Waals surface area contributed by atoms with E-state index >= 15 is 0 Å². The van der Waals surface area contributed by atoms with Gasteiger partial charge in [0.2, 0.25) is 5.91 Å². The summed E-state index contributed by atoms with van der Waals surface area (Å²) in [6.07, 6.45) is 0.316. The largest absolute Gasteiger partial charge is 0.343 e. The summed E-state index contributed by atoms with van der Waals surface area (Å²) in [6.45, 7) is 6.74. The van der Waals surface area contributed by atoms with E-state index in [1.807, 2.05) is 25.1 Å². The Kier molecular flexibility index (Phi) is 5.81. The van der Waals surface area contributed by atoms with Gasteiger partial charge in [-0.25, -0.2) is 0 Å². The topological polar surface area (TPSA) is 47.3 Å². The van der Waals surface area contributed by atoms with Crippen LogP contribution in [0.25, 0.3) is 0 Å². The van der Waals surface area contributed by atoms with E-state index in [0.717, 1.165) is 21.8 Å². The van der Waals surface area contributed by atoms with E-state index < -0.39 is 0 Å². The summed E-state index contributed by atoms with van der Waals surface area (Å²) in [6, 6.07) is 16.6. The number of hydrogen-bond acceptors (Lipinski definition) is 4. The lowest BCUT2D eigenvalue weighted by atomic mass is 9.85. The van der Waals surface area contributed by atoms with Gasteiger partial charge in [0.15, 0.2) is 0 Å². The quantitative estimate of drug-likeness (QED) is 0.591. The predicted octanol–water partition coefficient (Wildman–Crippen LogP) is 5.99. The number of nitriles is 1. The number of hydrogen-bond donors (Lipinski definition) is 0. The molecule has 2 aromatic carbocycles. The van der Waals surface area contributed by atoms with Crippen molar-refractivity contribution < 1.29 is 4.79 Å². The molecule has 0 aliphatic carbocycles. The first-order valence-corrected chi connectivity index (χ1v) is 11.4. The lowest BCUT2D eigenvalue weighted by Gasteiger charge is -2.42. The Bertz CT molecular complexity index is 1060. The number of benzene rings is 2. The number of fused-ring (bicyclic) bond motifs is 1. The fourth-order valence-electron chi connectivity index (χ4n) is 4.05. The fourth-order valence-corrected chi connectivity index (χ4v) is 5.38. The molecule has 1 amide bonds. The fraction of sp³-hybridized carbons (Fsp3) is 0.333. The van der Waals surface area contributed by atoms with Crippen LogP contribution in [0, 0.1) is 18.3 Å². The van der Waals surface area contributed by atoms with Gasteiger partial charge in [-0.15, -0.1) is 0 Å². The van der Waals surface area contributed by atoms with Gasteiger partial charge in [-0.1, -0.05) is 67.5 Å². The molecule has 0 N–H and O–H groups in total. The van der Waals surface area contributed by atoms with E-state index in [0.29, 0.717) is 35.5 Å². The van der Waals surface area contributed by atoms with Crippen molar-refractivity contribution in [3.63, 3.8) is 0 Å². The number of allylic oxidation sites excluding steroid dienone is 1. The smallest absolute Gasteiger partial charge is 0.229 e. The van der Waals surface area contributed by atoms with Crippen molar-refractivity contribution in [2.24, 2.45) is 0 Å². The van der Waals surface area contributed by atoms with Gasteiger partial charge < -0.3 is 4.90 Å². The van der Waals surface area contributed by atoms with Crippen LogP contribution in [0.5, 0.6) is 0 Å². The summed E-state index contributed by atoms with van der Waals surface area (Å²) in [4.78, 5) is 17.0. The molecule has 0 spiro atoms. The molecule has 2 aliphatic heterocycles. The normalized spacial score (nSPS) is 19.2. The van der Waals surface area contributed by atoms with Crippen molar-refractivity contribution in [3.8, 4) is 6.07 Å². The Morgan fingerprint density at radius 1 is 1.20 bits per heavy atom. The van der Waals surface area contributed by atoms with Crippen LogP contribution in [0.3, 0.4) is 0 Å². The van der Waals surface area contributed by atoms with Gasteiger partial charge in [0, 0.05) is 23.0 Å². The van der Waals surface area contributed by atoms with Crippen molar-refractivity contribution in [1.29, 1.82) is 5.26 Å². The van der Waals surface area contributed by atoms with Gasteiger partial charge in [0.05, 0.1) is 29.2 Å². The third-order valence-corrected chi connectivity index (χ3v) is 7.44. The van der Waals surface area contributed by atoms with Gasteiger partial charge in [-0.05, 0) is 41.7 Å². The van der Waals surface area contributed by atoms with Gasteiger partial charge in [0.1, 0.15) is 0 Å². The third kappa shape index (κ3) is 3.71. The van der Waals surface area contributed by atoms with Crippen LogP contribution in [0.15, 0.2) is 53.1 Å².